The Hall–Kier alpha value is -0.740. The maximum absolute atomic E-state index is 5.60. The molecule has 1 saturated heterocycles. The third-order valence-electron chi connectivity index (χ3n) is 3.55. The highest BCUT2D eigenvalue weighted by molar-refractivity contribution is 9.10. The Morgan fingerprint density at radius 3 is 2.56 bits per heavy atom. The standard InChI is InChI=1S/C14H20BrNO2/c1-9-7-11(15)13(17-2)14(18-3)12(9)10-5-4-6-16-8-10/h7,10,16H,4-6,8H2,1-3H3. The molecule has 0 saturated carbocycles. The first-order chi connectivity index (χ1) is 8.69. The molecule has 0 bridgehead atoms. The van der Waals surface area contributed by atoms with Gasteiger partial charge < -0.3 is 14.8 Å². The van der Waals surface area contributed by atoms with Crippen LogP contribution in [0.5, 0.6) is 11.5 Å². The van der Waals surface area contributed by atoms with E-state index in [9.17, 15) is 0 Å². The molecule has 18 heavy (non-hydrogen) atoms. The molecule has 4 heteroatoms. The van der Waals surface area contributed by atoms with E-state index in [0.29, 0.717) is 5.92 Å². The molecule has 1 heterocycles. The summed E-state index contributed by atoms with van der Waals surface area (Å²) in [5.74, 6) is 2.18. The van der Waals surface area contributed by atoms with Crippen LogP contribution in [0.25, 0.3) is 0 Å². The second-order valence-corrected chi connectivity index (χ2v) is 5.55. The van der Waals surface area contributed by atoms with Gasteiger partial charge in [0.1, 0.15) is 0 Å². The minimum Gasteiger partial charge on any atom is -0.493 e. The van der Waals surface area contributed by atoms with Gasteiger partial charge in [-0.05, 0) is 53.9 Å². The topological polar surface area (TPSA) is 30.5 Å². The molecule has 1 aromatic carbocycles. The molecule has 0 radical (unpaired) electrons. The van der Waals surface area contributed by atoms with Crippen molar-refractivity contribution in [2.45, 2.75) is 25.7 Å². The van der Waals surface area contributed by atoms with Crippen LogP contribution in [0.2, 0.25) is 0 Å². The fraction of sp³-hybridized carbons (Fsp3) is 0.571. The summed E-state index contributed by atoms with van der Waals surface area (Å²) < 4.78 is 12.0. The Labute approximate surface area is 117 Å². The molecule has 1 aliphatic heterocycles. The van der Waals surface area contributed by atoms with E-state index in [4.69, 9.17) is 9.47 Å². The van der Waals surface area contributed by atoms with E-state index >= 15 is 0 Å². The number of hydrogen-bond donors (Lipinski definition) is 1. The third kappa shape index (κ3) is 2.50. The van der Waals surface area contributed by atoms with Gasteiger partial charge in [-0.15, -0.1) is 0 Å². The van der Waals surface area contributed by atoms with E-state index in [-0.39, 0.29) is 0 Å². The molecule has 1 fully saturated rings. The summed E-state index contributed by atoms with van der Waals surface area (Å²) in [5.41, 5.74) is 2.54. The maximum Gasteiger partial charge on any atom is 0.175 e. The Kier molecular flexibility index (Phi) is 4.51. The first-order valence-electron chi connectivity index (χ1n) is 6.30. The molecule has 2 rings (SSSR count). The number of aryl methyl sites for hydroxylation is 1. The summed E-state index contributed by atoms with van der Waals surface area (Å²) >= 11 is 3.54. The van der Waals surface area contributed by atoms with E-state index in [2.05, 4.69) is 34.2 Å². The highest BCUT2D eigenvalue weighted by Gasteiger charge is 2.24. The fourth-order valence-electron chi connectivity index (χ4n) is 2.74. The molecule has 1 aromatic rings. The number of halogens is 1. The second-order valence-electron chi connectivity index (χ2n) is 4.70. The molecule has 0 aromatic heterocycles. The fourth-order valence-corrected chi connectivity index (χ4v) is 3.43. The van der Waals surface area contributed by atoms with Crippen LogP contribution < -0.4 is 14.8 Å². The maximum atomic E-state index is 5.60. The van der Waals surface area contributed by atoms with Crippen molar-refractivity contribution in [3.8, 4) is 11.5 Å². The van der Waals surface area contributed by atoms with Crippen molar-refractivity contribution in [2.24, 2.45) is 0 Å². The summed E-state index contributed by atoms with van der Waals surface area (Å²) in [6.07, 6.45) is 2.42. The van der Waals surface area contributed by atoms with Gasteiger partial charge in [-0.25, -0.2) is 0 Å². The lowest BCUT2D eigenvalue weighted by Crippen LogP contribution is -2.29. The number of nitrogens with one attached hydrogen (secondary N) is 1. The first-order valence-corrected chi connectivity index (χ1v) is 7.10. The Bertz CT molecular complexity index is 428. The minimum absolute atomic E-state index is 0.510. The van der Waals surface area contributed by atoms with Gasteiger partial charge in [0.2, 0.25) is 0 Å². The van der Waals surface area contributed by atoms with E-state index in [1.54, 1.807) is 14.2 Å². The van der Waals surface area contributed by atoms with Crippen LogP contribution in [0.4, 0.5) is 0 Å². The van der Waals surface area contributed by atoms with Crippen LogP contribution in [0.1, 0.15) is 29.9 Å². The van der Waals surface area contributed by atoms with Gasteiger partial charge in [0.05, 0.1) is 18.7 Å². The SMILES string of the molecule is COc1c(Br)cc(C)c(C2CCCNC2)c1OC. The second kappa shape index (κ2) is 5.93. The molecular formula is C14H20BrNO2. The average molecular weight is 314 g/mol. The van der Waals surface area contributed by atoms with E-state index in [1.807, 2.05) is 0 Å². The lowest BCUT2D eigenvalue weighted by atomic mass is 9.88. The summed E-state index contributed by atoms with van der Waals surface area (Å²) in [4.78, 5) is 0. The van der Waals surface area contributed by atoms with Gasteiger partial charge in [-0.3, -0.25) is 0 Å². The summed E-state index contributed by atoms with van der Waals surface area (Å²) in [7, 11) is 3.39. The van der Waals surface area contributed by atoms with Crippen molar-refractivity contribution < 1.29 is 9.47 Å². The lowest BCUT2D eigenvalue weighted by molar-refractivity contribution is 0.342. The molecule has 3 nitrogen and oxygen atoms in total. The van der Waals surface area contributed by atoms with Crippen molar-refractivity contribution >= 4 is 15.9 Å². The van der Waals surface area contributed by atoms with Crippen LogP contribution in [0, 0.1) is 6.92 Å². The normalized spacial score (nSPS) is 19.7. The molecule has 1 unspecified atom stereocenters. The molecule has 0 spiro atoms. The number of hydrogen-bond acceptors (Lipinski definition) is 3. The molecule has 100 valence electrons. The van der Waals surface area contributed by atoms with Crippen LogP contribution in [0.15, 0.2) is 10.5 Å². The summed E-state index contributed by atoms with van der Waals surface area (Å²) in [6, 6.07) is 2.12. The molecule has 0 amide bonds. The number of rotatable bonds is 3. The number of ether oxygens (including phenoxy) is 2. The quantitative estimate of drug-likeness (QED) is 0.929. The van der Waals surface area contributed by atoms with Gasteiger partial charge in [0.15, 0.2) is 11.5 Å². The van der Waals surface area contributed by atoms with Gasteiger partial charge in [0, 0.05) is 18.0 Å². The predicted octanol–water partition coefficient (Wildman–Crippen LogP) is 3.24. The first kappa shape index (κ1) is 13.7. The summed E-state index contributed by atoms with van der Waals surface area (Å²) in [6.45, 7) is 4.27. The smallest absolute Gasteiger partial charge is 0.175 e. The number of methoxy groups -OCH3 is 2. The van der Waals surface area contributed by atoms with Crippen molar-refractivity contribution in [1.29, 1.82) is 0 Å². The lowest BCUT2D eigenvalue weighted by Gasteiger charge is -2.27. The van der Waals surface area contributed by atoms with Crippen molar-refractivity contribution in [3.05, 3.63) is 21.7 Å². The Morgan fingerprint density at radius 1 is 1.28 bits per heavy atom. The molecular weight excluding hydrogens is 294 g/mol. The zero-order chi connectivity index (χ0) is 13.1. The van der Waals surface area contributed by atoms with Crippen molar-refractivity contribution in [1.82, 2.24) is 5.32 Å². The number of piperidine rings is 1. The largest absolute Gasteiger partial charge is 0.493 e. The zero-order valence-corrected chi connectivity index (χ0v) is 12.8. The van der Waals surface area contributed by atoms with Crippen LogP contribution in [-0.2, 0) is 0 Å². The molecule has 0 aliphatic carbocycles. The Morgan fingerprint density at radius 2 is 2.00 bits per heavy atom. The Balaban J connectivity index is 2.49. The van der Waals surface area contributed by atoms with E-state index < -0.39 is 0 Å². The van der Waals surface area contributed by atoms with Crippen molar-refractivity contribution in [2.75, 3.05) is 27.3 Å². The summed E-state index contributed by atoms with van der Waals surface area (Å²) in [5, 5.41) is 3.46. The highest BCUT2D eigenvalue weighted by atomic mass is 79.9. The van der Waals surface area contributed by atoms with Gasteiger partial charge in [0.25, 0.3) is 0 Å². The minimum atomic E-state index is 0.510. The van der Waals surface area contributed by atoms with Gasteiger partial charge in [-0.2, -0.15) is 0 Å². The highest BCUT2D eigenvalue weighted by Crippen LogP contribution is 2.44. The van der Waals surface area contributed by atoms with E-state index in [0.717, 1.165) is 29.1 Å². The number of benzene rings is 1. The van der Waals surface area contributed by atoms with Crippen LogP contribution in [0.3, 0.4) is 0 Å². The van der Waals surface area contributed by atoms with Crippen LogP contribution >= 0.6 is 15.9 Å². The molecule has 1 aliphatic rings. The molecule has 1 N–H and O–H groups in total. The average Bonchev–Trinajstić information content (AvgIpc) is 2.38. The van der Waals surface area contributed by atoms with Gasteiger partial charge in [-0.1, -0.05) is 0 Å². The van der Waals surface area contributed by atoms with Crippen molar-refractivity contribution in [3.63, 3.8) is 0 Å². The molecule has 1 atom stereocenters. The van der Waals surface area contributed by atoms with Gasteiger partial charge >= 0.3 is 0 Å². The predicted molar refractivity (Wildman–Crippen MR) is 76.8 cm³/mol. The third-order valence-corrected chi connectivity index (χ3v) is 4.14. The monoisotopic (exact) mass is 313 g/mol. The zero-order valence-electron chi connectivity index (χ0n) is 11.2. The van der Waals surface area contributed by atoms with E-state index in [1.165, 1.54) is 24.0 Å². The van der Waals surface area contributed by atoms with Crippen LogP contribution in [-0.4, -0.2) is 27.3 Å².